The van der Waals surface area contributed by atoms with Crippen LogP contribution in [-0.2, 0) is 6.54 Å². The van der Waals surface area contributed by atoms with Gasteiger partial charge in [0.25, 0.3) is 0 Å². The molecule has 1 aromatic rings. The molecule has 0 fully saturated rings. The SMILES string of the molecule is COc1cc(F)c(CNCCC(C)(C)N)cc1F. The molecule has 0 unspecified atom stereocenters. The molecule has 0 aromatic heterocycles. The zero-order valence-corrected chi connectivity index (χ0v) is 11.0. The molecule has 0 spiro atoms. The molecular formula is C13H20F2N2O. The topological polar surface area (TPSA) is 47.3 Å². The van der Waals surface area contributed by atoms with E-state index in [0.29, 0.717) is 6.54 Å². The molecular weight excluding hydrogens is 238 g/mol. The van der Waals surface area contributed by atoms with E-state index in [9.17, 15) is 8.78 Å². The Morgan fingerprint density at radius 3 is 2.50 bits per heavy atom. The summed E-state index contributed by atoms with van der Waals surface area (Å²) in [5.41, 5.74) is 5.83. The van der Waals surface area contributed by atoms with Gasteiger partial charge in [-0.15, -0.1) is 0 Å². The zero-order chi connectivity index (χ0) is 13.8. The first-order valence-corrected chi connectivity index (χ1v) is 5.85. The van der Waals surface area contributed by atoms with E-state index in [1.54, 1.807) is 0 Å². The van der Waals surface area contributed by atoms with Crippen molar-refractivity contribution in [1.29, 1.82) is 0 Å². The van der Waals surface area contributed by atoms with E-state index >= 15 is 0 Å². The van der Waals surface area contributed by atoms with Crippen LogP contribution in [-0.4, -0.2) is 19.2 Å². The summed E-state index contributed by atoms with van der Waals surface area (Å²) >= 11 is 0. The standard InChI is InChI=1S/C13H20F2N2O/c1-13(2,16)4-5-17-8-9-6-11(15)12(18-3)7-10(9)14/h6-7,17H,4-5,8,16H2,1-3H3. The van der Waals surface area contributed by atoms with Crippen LogP contribution in [0, 0.1) is 11.6 Å². The Morgan fingerprint density at radius 1 is 1.28 bits per heavy atom. The van der Waals surface area contributed by atoms with Gasteiger partial charge in [0.1, 0.15) is 5.82 Å². The first kappa shape index (κ1) is 14.9. The van der Waals surface area contributed by atoms with Crippen molar-refractivity contribution in [3.8, 4) is 5.75 Å². The third-order valence-electron chi connectivity index (χ3n) is 2.58. The summed E-state index contributed by atoms with van der Waals surface area (Å²) in [6.07, 6.45) is 0.757. The van der Waals surface area contributed by atoms with Crippen molar-refractivity contribution in [2.75, 3.05) is 13.7 Å². The maximum atomic E-state index is 13.6. The van der Waals surface area contributed by atoms with Gasteiger partial charge in [-0.1, -0.05) is 0 Å². The molecule has 5 heteroatoms. The lowest BCUT2D eigenvalue weighted by Gasteiger charge is -2.18. The van der Waals surface area contributed by atoms with Gasteiger partial charge in [-0.05, 0) is 32.9 Å². The Bertz CT molecular complexity index is 403. The molecule has 0 saturated carbocycles. The van der Waals surface area contributed by atoms with Gasteiger partial charge in [0.2, 0.25) is 0 Å². The highest BCUT2D eigenvalue weighted by Gasteiger charge is 2.12. The van der Waals surface area contributed by atoms with Crippen molar-refractivity contribution >= 4 is 0 Å². The van der Waals surface area contributed by atoms with Crippen LogP contribution in [0.25, 0.3) is 0 Å². The monoisotopic (exact) mass is 258 g/mol. The first-order valence-electron chi connectivity index (χ1n) is 5.85. The maximum absolute atomic E-state index is 13.6. The van der Waals surface area contributed by atoms with Crippen LogP contribution in [0.5, 0.6) is 5.75 Å². The fraction of sp³-hybridized carbons (Fsp3) is 0.538. The number of hydrogen-bond donors (Lipinski definition) is 2. The Morgan fingerprint density at radius 2 is 1.94 bits per heavy atom. The largest absolute Gasteiger partial charge is 0.494 e. The van der Waals surface area contributed by atoms with Crippen LogP contribution in [0.15, 0.2) is 12.1 Å². The second kappa shape index (κ2) is 6.11. The molecule has 0 heterocycles. The lowest BCUT2D eigenvalue weighted by molar-refractivity contribution is 0.381. The van der Waals surface area contributed by atoms with Crippen LogP contribution < -0.4 is 15.8 Å². The van der Waals surface area contributed by atoms with Crippen molar-refractivity contribution in [2.24, 2.45) is 5.73 Å². The molecule has 0 amide bonds. The average Bonchev–Trinajstić information content (AvgIpc) is 2.27. The molecule has 0 bridgehead atoms. The average molecular weight is 258 g/mol. The summed E-state index contributed by atoms with van der Waals surface area (Å²) in [7, 11) is 1.30. The fourth-order valence-electron chi connectivity index (χ4n) is 1.50. The predicted molar refractivity (Wildman–Crippen MR) is 67.5 cm³/mol. The van der Waals surface area contributed by atoms with E-state index in [4.69, 9.17) is 10.5 Å². The quantitative estimate of drug-likeness (QED) is 0.769. The minimum atomic E-state index is -0.560. The fourth-order valence-corrected chi connectivity index (χ4v) is 1.50. The van der Waals surface area contributed by atoms with Gasteiger partial charge >= 0.3 is 0 Å². The zero-order valence-electron chi connectivity index (χ0n) is 11.0. The third-order valence-corrected chi connectivity index (χ3v) is 2.58. The second-order valence-corrected chi connectivity index (χ2v) is 4.99. The third kappa shape index (κ3) is 4.58. The predicted octanol–water partition coefficient (Wildman–Crippen LogP) is 2.19. The highest BCUT2D eigenvalue weighted by Crippen LogP contribution is 2.21. The van der Waals surface area contributed by atoms with Gasteiger partial charge in [-0.2, -0.15) is 0 Å². The number of methoxy groups -OCH3 is 1. The number of nitrogens with one attached hydrogen (secondary N) is 1. The van der Waals surface area contributed by atoms with Crippen LogP contribution >= 0.6 is 0 Å². The lowest BCUT2D eigenvalue weighted by Crippen LogP contribution is -2.35. The number of benzene rings is 1. The normalized spacial score (nSPS) is 11.7. The molecule has 1 aromatic carbocycles. The van der Waals surface area contributed by atoms with E-state index in [2.05, 4.69) is 5.32 Å². The van der Waals surface area contributed by atoms with Gasteiger partial charge in [0.15, 0.2) is 11.6 Å². The van der Waals surface area contributed by atoms with Crippen molar-refractivity contribution in [3.05, 3.63) is 29.3 Å². The molecule has 1 rings (SSSR count). The molecule has 0 aliphatic heterocycles. The smallest absolute Gasteiger partial charge is 0.165 e. The van der Waals surface area contributed by atoms with Crippen LogP contribution in [0.4, 0.5) is 8.78 Å². The summed E-state index contributed by atoms with van der Waals surface area (Å²) in [6.45, 7) is 4.75. The lowest BCUT2D eigenvalue weighted by atomic mass is 10.0. The molecule has 3 nitrogen and oxygen atoms in total. The van der Waals surface area contributed by atoms with Crippen molar-refractivity contribution in [3.63, 3.8) is 0 Å². The maximum Gasteiger partial charge on any atom is 0.165 e. The highest BCUT2D eigenvalue weighted by molar-refractivity contribution is 5.30. The summed E-state index contributed by atoms with van der Waals surface area (Å²) in [5, 5.41) is 3.04. The number of ether oxygens (including phenoxy) is 1. The highest BCUT2D eigenvalue weighted by atomic mass is 19.1. The number of hydrogen-bond acceptors (Lipinski definition) is 3. The van der Waals surface area contributed by atoms with Crippen LogP contribution in [0.3, 0.4) is 0 Å². The summed E-state index contributed by atoms with van der Waals surface area (Å²) in [4.78, 5) is 0. The molecule has 0 radical (unpaired) electrons. The first-order chi connectivity index (χ1) is 8.33. The number of halogens is 2. The van der Waals surface area contributed by atoms with E-state index in [1.165, 1.54) is 7.11 Å². The van der Waals surface area contributed by atoms with E-state index in [1.807, 2.05) is 13.8 Å². The Hall–Kier alpha value is -1.20. The van der Waals surface area contributed by atoms with E-state index in [0.717, 1.165) is 18.6 Å². The van der Waals surface area contributed by atoms with Gasteiger partial charge in [0.05, 0.1) is 7.11 Å². The van der Waals surface area contributed by atoms with Gasteiger partial charge in [-0.3, -0.25) is 0 Å². The molecule has 18 heavy (non-hydrogen) atoms. The Balaban J connectivity index is 2.55. The minimum absolute atomic E-state index is 0.0839. The van der Waals surface area contributed by atoms with Crippen molar-refractivity contribution in [2.45, 2.75) is 32.4 Å². The summed E-state index contributed by atoms with van der Waals surface area (Å²) in [5.74, 6) is -1.12. The Labute approximate surface area is 106 Å². The van der Waals surface area contributed by atoms with Crippen LogP contribution in [0.1, 0.15) is 25.8 Å². The molecule has 0 aliphatic rings. The summed E-state index contributed by atoms with van der Waals surface area (Å²) in [6, 6.07) is 2.20. The Kier molecular flexibility index (Phi) is 5.04. The molecule has 102 valence electrons. The molecule has 3 N–H and O–H groups in total. The second-order valence-electron chi connectivity index (χ2n) is 4.99. The summed E-state index contributed by atoms with van der Waals surface area (Å²) < 4.78 is 31.7. The van der Waals surface area contributed by atoms with Crippen molar-refractivity contribution < 1.29 is 13.5 Å². The van der Waals surface area contributed by atoms with Gasteiger partial charge in [-0.25, -0.2) is 8.78 Å². The molecule has 0 aliphatic carbocycles. The molecule has 0 atom stereocenters. The minimum Gasteiger partial charge on any atom is -0.494 e. The van der Waals surface area contributed by atoms with Crippen LogP contribution in [0.2, 0.25) is 0 Å². The van der Waals surface area contributed by atoms with Crippen molar-refractivity contribution in [1.82, 2.24) is 5.32 Å². The van der Waals surface area contributed by atoms with Gasteiger partial charge in [0, 0.05) is 23.7 Å². The van der Waals surface area contributed by atoms with Gasteiger partial charge < -0.3 is 15.8 Å². The number of rotatable bonds is 6. The number of nitrogens with two attached hydrogens (primary N) is 1. The molecule has 0 saturated heterocycles. The van der Waals surface area contributed by atoms with E-state index < -0.39 is 11.6 Å². The van der Waals surface area contributed by atoms with E-state index in [-0.39, 0.29) is 23.4 Å².